The summed E-state index contributed by atoms with van der Waals surface area (Å²) in [4.78, 5) is 8.06. The first-order valence-electron chi connectivity index (χ1n) is 18.3. The molecular formula is C50H29N5. The van der Waals surface area contributed by atoms with Crippen molar-refractivity contribution in [2.45, 2.75) is 0 Å². The third-order valence-electron chi connectivity index (χ3n) is 11.1. The van der Waals surface area contributed by atoms with Crippen molar-refractivity contribution in [2.24, 2.45) is 0 Å². The third-order valence-corrected chi connectivity index (χ3v) is 11.1. The molecule has 0 N–H and O–H groups in total. The van der Waals surface area contributed by atoms with Gasteiger partial charge in [-0.1, -0.05) is 115 Å². The van der Waals surface area contributed by atoms with Gasteiger partial charge in [-0.05, 0) is 77.2 Å². The minimum atomic E-state index is 0.567. The summed E-state index contributed by atoms with van der Waals surface area (Å²) in [6.45, 7) is 16.5. The lowest BCUT2D eigenvalue weighted by molar-refractivity contribution is 1.13. The SMILES string of the molecule is [C-]#[N+]c1ccc2c(c1)c1cccc(-n3c4ccccc4c4ccccc43)c1n2-c1cccc(-c2ccc(-n3c4ccccc4c4ccccc43)cc2)c1[N+]#[C-]. The zero-order chi connectivity index (χ0) is 36.6. The van der Waals surface area contributed by atoms with Gasteiger partial charge in [0.1, 0.15) is 0 Å². The van der Waals surface area contributed by atoms with E-state index in [2.05, 4.69) is 169 Å². The standard InChI is InChI=1S/C50H29N5/c1-51-33-27-30-46-41(31-33)40-18-12-24-48(54-44-21-9-5-15-38(44)39-16-6-10-22-45(39)54)50(40)55(46)47-23-11-17-35(49(47)52-2)32-25-28-34(29-26-32)53-42-19-7-3-13-36(42)37-14-4-8-20-43(37)53/h3-31H. The van der Waals surface area contributed by atoms with Crippen LogP contribution < -0.4 is 0 Å². The quantitative estimate of drug-likeness (QED) is 0.163. The molecule has 3 aromatic heterocycles. The monoisotopic (exact) mass is 699 g/mol. The maximum atomic E-state index is 8.66. The van der Waals surface area contributed by atoms with Crippen molar-refractivity contribution in [1.82, 2.24) is 13.7 Å². The fourth-order valence-corrected chi connectivity index (χ4v) is 8.77. The summed E-state index contributed by atoms with van der Waals surface area (Å²) in [6, 6.07) is 61.1. The Kier molecular flexibility index (Phi) is 6.61. The van der Waals surface area contributed by atoms with E-state index in [1.807, 2.05) is 30.3 Å². The van der Waals surface area contributed by atoms with Crippen molar-refractivity contribution < 1.29 is 0 Å². The summed E-state index contributed by atoms with van der Waals surface area (Å²) in [7, 11) is 0. The Morgan fingerprint density at radius 3 is 1.45 bits per heavy atom. The van der Waals surface area contributed by atoms with Crippen LogP contribution in [0.2, 0.25) is 0 Å². The molecule has 0 aliphatic carbocycles. The molecule has 0 atom stereocenters. The van der Waals surface area contributed by atoms with Gasteiger partial charge >= 0.3 is 0 Å². The largest absolute Gasteiger partial charge is 0.317 e. The van der Waals surface area contributed by atoms with Crippen LogP contribution in [-0.2, 0) is 0 Å². The minimum absolute atomic E-state index is 0.567. The fraction of sp³-hybridized carbons (Fsp3) is 0. The van der Waals surface area contributed by atoms with E-state index < -0.39 is 0 Å². The molecule has 11 rings (SSSR count). The van der Waals surface area contributed by atoms with Crippen LogP contribution in [0.25, 0.3) is 103 Å². The second-order valence-corrected chi connectivity index (χ2v) is 13.9. The number of hydrogen-bond acceptors (Lipinski definition) is 0. The summed E-state index contributed by atoms with van der Waals surface area (Å²) in [5, 5.41) is 6.81. The van der Waals surface area contributed by atoms with E-state index in [-0.39, 0.29) is 0 Å². The van der Waals surface area contributed by atoms with Crippen molar-refractivity contribution in [1.29, 1.82) is 0 Å². The zero-order valence-electron chi connectivity index (χ0n) is 29.5. The lowest BCUT2D eigenvalue weighted by Gasteiger charge is -2.17. The van der Waals surface area contributed by atoms with Gasteiger partial charge in [-0.25, -0.2) is 9.69 Å². The number of para-hydroxylation sites is 6. The second kappa shape index (κ2) is 11.8. The van der Waals surface area contributed by atoms with E-state index in [9.17, 15) is 0 Å². The molecule has 8 aromatic carbocycles. The number of nitrogens with zero attached hydrogens (tertiary/aromatic N) is 5. The van der Waals surface area contributed by atoms with E-state index in [0.29, 0.717) is 11.4 Å². The molecule has 55 heavy (non-hydrogen) atoms. The van der Waals surface area contributed by atoms with Crippen molar-refractivity contribution in [3.63, 3.8) is 0 Å². The predicted octanol–water partition coefficient (Wildman–Crippen LogP) is 13.7. The van der Waals surface area contributed by atoms with Crippen LogP contribution in [0.5, 0.6) is 0 Å². The van der Waals surface area contributed by atoms with Crippen molar-refractivity contribution >= 4 is 76.8 Å². The fourth-order valence-electron chi connectivity index (χ4n) is 8.77. The minimum Gasteiger partial charge on any atom is -0.317 e. The lowest BCUT2D eigenvalue weighted by atomic mass is 10.0. The van der Waals surface area contributed by atoms with Gasteiger partial charge in [0, 0.05) is 32.6 Å². The van der Waals surface area contributed by atoms with E-state index in [1.165, 1.54) is 21.5 Å². The molecular weight excluding hydrogens is 671 g/mol. The van der Waals surface area contributed by atoms with Crippen LogP contribution in [0.15, 0.2) is 176 Å². The highest BCUT2D eigenvalue weighted by Gasteiger charge is 2.23. The molecule has 0 saturated heterocycles. The molecule has 0 aliphatic heterocycles. The van der Waals surface area contributed by atoms with Gasteiger partial charge in [0.2, 0.25) is 5.69 Å². The molecule has 0 amide bonds. The Hall–Kier alpha value is -7.86. The summed E-state index contributed by atoms with van der Waals surface area (Å²) in [6.07, 6.45) is 0. The average Bonchev–Trinajstić information content (AvgIpc) is 3.89. The number of benzene rings is 8. The van der Waals surface area contributed by atoms with Gasteiger partial charge in [-0.3, -0.25) is 0 Å². The Morgan fingerprint density at radius 2 is 0.873 bits per heavy atom. The zero-order valence-corrected chi connectivity index (χ0v) is 29.5. The second-order valence-electron chi connectivity index (χ2n) is 13.9. The summed E-state index contributed by atoms with van der Waals surface area (Å²) < 4.78 is 6.89. The summed E-state index contributed by atoms with van der Waals surface area (Å²) in [5.41, 5.74) is 12.3. The molecule has 0 fully saturated rings. The normalized spacial score (nSPS) is 11.6. The molecule has 0 aliphatic rings. The molecule has 0 saturated carbocycles. The summed E-state index contributed by atoms with van der Waals surface area (Å²) in [5.74, 6) is 0. The van der Waals surface area contributed by atoms with Crippen molar-refractivity contribution in [3.8, 4) is 28.2 Å². The Labute approximate surface area is 316 Å². The van der Waals surface area contributed by atoms with Crippen LogP contribution in [0, 0.1) is 13.1 Å². The smallest absolute Gasteiger partial charge is 0.218 e. The first-order valence-corrected chi connectivity index (χ1v) is 18.3. The topological polar surface area (TPSA) is 23.5 Å². The number of rotatable bonds is 4. The molecule has 0 spiro atoms. The van der Waals surface area contributed by atoms with Crippen LogP contribution in [0.1, 0.15) is 0 Å². The molecule has 0 unspecified atom stereocenters. The van der Waals surface area contributed by atoms with Gasteiger partial charge in [0.15, 0.2) is 5.69 Å². The Bertz CT molecular complexity index is 3350. The maximum absolute atomic E-state index is 8.66. The molecule has 11 aromatic rings. The van der Waals surface area contributed by atoms with Gasteiger partial charge in [-0.15, -0.1) is 0 Å². The van der Waals surface area contributed by atoms with Gasteiger partial charge < -0.3 is 13.7 Å². The molecule has 5 heteroatoms. The predicted molar refractivity (Wildman–Crippen MR) is 227 cm³/mol. The van der Waals surface area contributed by atoms with Gasteiger partial charge in [-0.2, -0.15) is 0 Å². The maximum Gasteiger partial charge on any atom is 0.218 e. The highest BCUT2D eigenvalue weighted by atomic mass is 15.1. The number of fused-ring (bicyclic) bond motifs is 9. The van der Waals surface area contributed by atoms with Crippen molar-refractivity contribution in [2.75, 3.05) is 0 Å². The highest BCUT2D eigenvalue weighted by molar-refractivity contribution is 6.16. The first kappa shape index (κ1) is 30.7. The van der Waals surface area contributed by atoms with Crippen LogP contribution >= 0.6 is 0 Å². The lowest BCUT2D eigenvalue weighted by Crippen LogP contribution is -2.01. The number of hydrogen-bond donors (Lipinski definition) is 0. The van der Waals surface area contributed by atoms with Crippen LogP contribution in [0.3, 0.4) is 0 Å². The van der Waals surface area contributed by atoms with E-state index >= 15 is 0 Å². The molecule has 0 radical (unpaired) electrons. The Balaban J connectivity index is 1.16. The molecule has 3 heterocycles. The number of aromatic nitrogens is 3. The average molecular weight is 700 g/mol. The third kappa shape index (κ3) is 4.39. The van der Waals surface area contributed by atoms with Gasteiger partial charge in [0.25, 0.3) is 0 Å². The van der Waals surface area contributed by atoms with Crippen LogP contribution in [0.4, 0.5) is 11.4 Å². The van der Waals surface area contributed by atoms with E-state index in [4.69, 9.17) is 13.1 Å². The first-order chi connectivity index (χ1) is 27.2. The van der Waals surface area contributed by atoms with Gasteiger partial charge in [0.05, 0.1) is 57.6 Å². The highest BCUT2D eigenvalue weighted by Crippen LogP contribution is 2.44. The van der Waals surface area contributed by atoms with E-state index in [1.54, 1.807) is 0 Å². The van der Waals surface area contributed by atoms with E-state index in [0.717, 1.165) is 72.1 Å². The molecule has 0 bridgehead atoms. The Morgan fingerprint density at radius 1 is 0.364 bits per heavy atom. The summed E-state index contributed by atoms with van der Waals surface area (Å²) >= 11 is 0. The van der Waals surface area contributed by atoms with Crippen molar-refractivity contribution in [3.05, 3.63) is 199 Å². The molecule has 254 valence electrons. The van der Waals surface area contributed by atoms with Crippen LogP contribution in [-0.4, -0.2) is 13.7 Å². The molecule has 5 nitrogen and oxygen atoms in total.